The van der Waals surface area contributed by atoms with Crippen LogP contribution in [-0.2, 0) is 12.8 Å². The van der Waals surface area contributed by atoms with Crippen molar-refractivity contribution >= 4 is 11.9 Å². The van der Waals surface area contributed by atoms with Gasteiger partial charge in [-0.25, -0.2) is 19.2 Å². The van der Waals surface area contributed by atoms with Crippen LogP contribution in [0.5, 0.6) is 0 Å². The summed E-state index contributed by atoms with van der Waals surface area (Å²) in [5, 5.41) is 9.56. The molecule has 1 aromatic heterocycles. The van der Waals surface area contributed by atoms with E-state index in [1.165, 1.54) is 17.8 Å². The van der Waals surface area contributed by atoms with Crippen molar-refractivity contribution < 1.29 is 14.3 Å². The summed E-state index contributed by atoms with van der Waals surface area (Å²) >= 11 is 0. The maximum atomic E-state index is 13.7. The summed E-state index contributed by atoms with van der Waals surface area (Å²) in [7, 11) is 0. The van der Waals surface area contributed by atoms with Crippen LogP contribution in [-0.4, -0.2) is 27.6 Å². The number of aromatic carboxylic acids is 1. The van der Waals surface area contributed by atoms with Crippen LogP contribution in [0.25, 0.3) is 0 Å². The summed E-state index contributed by atoms with van der Waals surface area (Å²) < 4.78 is 13.7. The molecule has 6 heteroatoms. The van der Waals surface area contributed by atoms with Crippen LogP contribution in [0.2, 0.25) is 0 Å². The number of hydrogen-bond donors (Lipinski definition) is 1. The number of carbonyl (C=O) groups is 1. The number of aryl methyl sites for hydroxylation is 2. The average Bonchev–Trinajstić information content (AvgIpc) is 3.24. The number of carboxylic acids is 1. The van der Waals surface area contributed by atoms with Gasteiger partial charge in [0.2, 0.25) is 5.95 Å². The van der Waals surface area contributed by atoms with Crippen LogP contribution in [0, 0.1) is 5.82 Å². The summed E-state index contributed by atoms with van der Waals surface area (Å²) in [5.41, 5.74) is 2.81. The monoisotopic (exact) mass is 405 g/mol. The summed E-state index contributed by atoms with van der Waals surface area (Å²) in [6.45, 7) is 0.761. The van der Waals surface area contributed by atoms with Crippen molar-refractivity contribution in [3.8, 4) is 0 Å². The summed E-state index contributed by atoms with van der Waals surface area (Å²) in [5.74, 6) is -0.760. The highest BCUT2D eigenvalue weighted by Gasteiger charge is 2.29. The van der Waals surface area contributed by atoms with Gasteiger partial charge in [-0.2, -0.15) is 0 Å². The molecule has 3 aromatic rings. The lowest BCUT2D eigenvalue weighted by atomic mass is 10.0. The van der Waals surface area contributed by atoms with Gasteiger partial charge in [-0.05, 0) is 55.4 Å². The zero-order valence-electron chi connectivity index (χ0n) is 16.7. The lowest BCUT2D eigenvalue weighted by molar-refractivity contribution is 0.0694. The number of rotatable bonds is 7. The number of aromatic nitrogens is 2. The van der Waals surface area contributed by atoms with Gasteiger partial charge < -0.3 is 10.0 Å². The Morgan fingerprint density at radius 1 is 1.13 bits per heavy atom. The van der Waals surface area contributed by atoms with Gasteiger partial charge in [0.1, 0.15) is 5.82 Å². The van der Waals surface area contributed by atoms with Gasteiger partial charge in [-0.15, -0.1) is 0 Å². The minimum atomic E-state index is -1.01. The van der Waals surface area contributed by atoms with E-state index in [1.54, 1.807) is 12.1 Å². The molecule has 0 spiro atoms. The molecule has 1 saturated heterocycles. The lowest BCUT2D eigenvalue weighted by Gasteiger charge is -2.25. The molecular formula is C24H24FN3O2. The van der Waals surface area contributed by atoms with Crippen LogP contribution >= 0.6 is 0 Å². The SMILES string of the molecule is O=C(O)c1cnc(N2CCCC2c2cccc(F)c2)nc1CCCc1ccccc1. The highest BCUT2D eigenvalue weighted by molar-refractivity contribution is 5.88. The topological polar surface area (TPSA) is 66.3 Å². The number of nitrogens with zero attached hydrogens (tertiary/aromatic N) is 3. The first-order chi connectivity index (χ1) is 14.6. The molecule has 0 aliphatic carbocycles. The summed E-state index contributed by atoms with van der Waals surface area (Å²) in [4.78, 5) is 22.7. The fourth-order valence-electron chi connectivity index (χ4n) is 4.09. The van der Waals surface area contributed by atoms with Crippen LogP contribution in [0.1, 0.15) is 52.5 Å². The fourth-order valence-corrected chi connectivity index (χ4v) is 4.09. The Morgan fingerprint density at radius 3 is 2.73 bits per heavy atom. The van der Waals surface area contributed by atoms with Gasteiger partial charge in [0.15, 0.2) is 0 Å². The van der Waals surface area contributed by atoms with Crippen molar-refractivity contribution in [2.75, 3.05) is 11.4 Å². The smallest absolute Gasteiger partial charge is 0.339 e. The van der Waals surface area contributed by atoms with Crippen molar-refractivity contribution in [2.24, 2.45) is 0 Å². The van der Waals surface area contributed by atoms with Crippen LogP contribution in [0.15, 0.2) is 60.8 Å². The van der Waals surface area contributed by atoms with Gasteiger partial charge in [-0.3, -0.25) is 0 Å². The highest BCUT2D eigenvalue weighted by atomic mass is 19.1. The zero-order chi connectivity index (χ0) is 20.9. The molecule has 0 saturated carbocycles. The molecule has 154 valence electrons. The van der Waals surface area contributed by atoms with E-state index >= 15 is 0 Å². The van der Waals surface area contributed by atoms with E-state index in [2.05, 4.69) is 27.0 Å². The van der Waals surface area contributed by atoms with E-state index < -0.39 is 5.97 Å². The third-order valence-electron chi connectivity index (χ3n) is 5.55. The lowest BCUT2D eigenvalue weighted by Crippen LogP contribution is -2.25. The second-order valence-corrected chi connectivity index (χ2v) is 7.58. The van der Waals surface area contributed by atoms with E-state index in [-0.39, 0.29) is 17.4 Å². The van der Waals surface area contributed by atoms with Crippen LogP contribution in [0.4, 0.5) is 10.3 Å². The second-order valence-electron chi connectivity index (χ2n) is 7.58. The Labute approximate surface area is 175 Å². The molecule has 0 amide bonds. The van der Waals surface area contributed by atoms with Crippen molar-refractivity contribution in [1.82, 2.24) is 9.97 Å². The van der Waals surface area contributed by atoms with Crippen molar-refractivity contribution in [1.29, 1.82) is 0 Å². The first-order valence-corrected chi connectivity index (χ1v) is 10.3. The zero-order valence-corrected chi connectivity index (χ0v) is 16.7. The predicted octanol–water partition coefficient (Wildman–Crippen LogP) is 4.83. The van der Waals surface area contributed by atoms with Gasteiger partial charge in [-0.1, -0.05) is 42.5 Å². The molecule has 5 nitrogen and oxygen atoms in total. The summed E-state index contributed by atoms with van der Waals surface area (Å²) in [6.07, 6.45) is 5.46. The maximum absolute atomic E-state index is 13.7. The molecule has 2 heterocycles. The average molecular weight is 405 g/mol. The van der Waals surface area contributed by atoms with Crippen molar-refractivity contribution in [3.63, 3.8) is 0 Å². The summed E-state index contributed by atoms with van der Waals surface area (Å²) in [6, 6.07) is 16.7. The van der Waals surface area contributed by atoms with E-state index in [0.717, 1.165) is 37.8 Å². The third kappa shape index (κ3) is 4.48. The molecule has 1 aliphatic heterocycles. The number of hydrogen-bond acceptors (Lipinski definition) is 4. The molecule has 4 rings (SSSR count). The highest BCUT2D eigenvalue weighted by Crippen LogP contribution is 2.35. The van der Waals surface area contributed by atoms with Gasteiger partial charge in [0.05, 0.1) is 17.3 Å². The molecule has 0 radical (unpaired) electrons. The minimum absolute atomic E-state index is 0.00598. The largest absolute Gasteiger partial charge is 0.478 e. The quantitative estimate of drug-likeness (QED) is 0.610. The molecule has 1 unspecified atom stereocenters. The Kier molecular flexibility index (Phi) is 6.02. The Morgan fingerprint density at radius 2 is 1.97 bits per heavy atom. The molecule has 2 aromatic carbocycles. The molecule has 0 bridgehead atoms. The number of halogens is 1. The van der Waals surface area contributed by atoms with Crippen LogP contribution < -0.4 is 4.90 Å². The second kappa shape index (κ2) is 9.03. The fraction of sp³-hybridized carbons (Fsp3) is 0.292. The minimum Gasteiger partial charge on any atom is -0.478 e. The normalized spacial score (nSPS) is 16.0. The molecule has 1 N–H and O–H groups in total. The molecule has 1 aliphatic rings. The van der Waals surface area contributed by atoms with Gasteiger partial charge in [0.25, 0.3) is 0 Å². The Hall–Kier alpha value is -3.28. The van der Waals surface area contributed by atoms with Gasteiger partial charge >= 0.3 is 5.97 Å². The van der Waals surface area contributed by atoms with E-state index in [4.69, 9.17) is 0 Å². The van der Waals surface area contributed by atoms with Crippen molar-refractivity contribution in [3.05, 3.63) is 89.0 Å². The van der Waals surface area contributed by atoms with E-state index in [0.29, 0.717) is 18.1 Å². The number of carboxylic acid groups (broad SMARTS) is 1. The first-order valence-electron chi connectivity index (χ1n) is 10.3. The Bertz CT molecular complexity index is 1030. The third-order valence-corrected chi connectivity index (χ3v) is 5.55. The molecule has 1 fully saturated rings. The Balaban J connectivity index is 1.56. The predicted molar refractivity (Wildman–Crippen MR) is 113 cm³/mol. The van der Waals surface area contributed by atoms with Crippen LogP contribution in [0.3, 0.4) is 0 Å². The van der Waals surface area contributed by atoms with Gasteiger partial charge in [0, 0.05) is 12.7 Å². The van der Waals surface area contributed by atoms with E-state index in [9.17, 15) is 14.3 Å². The standard InChI is InChI=1S/C24H24FN3O2/c25-19-11-5-10-18(15-19)22-13-6-14-28(22)24-26-16-20(23(29)30)21(27-24)12-4-9-17-7-2-1-3-8-17/h1-3,5,7-8,10-11,15-16,22H,4,6,9,12-14H2,(H,29,30). The molecular weight excluding hydrogens is 381 g/mol. The first kappa shape index (κ1) is 20.0. The number of benzene rings is 2. The molecule has 1 atom stereocenters. The number of anilines is 1. The van der Waals surface area contributed by atoms with Crippen molar-refractivity contribution in [2.45, 2.75) is 38.1 Å². The van der Waals surface area contributed by atoms with E-state index in [1.807, 2.05) is 24.3 Å². The maximum Gasteiger partial charge on any atom is 0.339 e. The molecule has 30 heavy (non-hydrogen) atoms.